The molecule has 0 bridgehead atoms. The van der Waals surface area contributed by atoms with Gasteiger partial charge in [-0.2, -0.15) is 5.10 Å². The van der Waals surface area contributed by atoms with Crippen molar-refractivity contribution in [2.24, 2.45) is 5.92 Å². The second-order valence-electron chi connectivity index (χ2n) is 8.34. The Labute approximate surface area is 184 Å². The Morgan fingerprint density at radius 3 is 2.50 bits per heavy atom. The fraction of sp³-hybridized carbons (Fsp3) is 0.192. The van der Waals surface area contributed by atoms with Gasteiger partial charge in [0, 0.05) is 29.4 Å². The number of fused-ring (bicyclic) bond motifs is 1. The molecule has 0 radical (unpaired) electrons. The van der Waals surface area contributed by atoms with Crippen LogP contribution in [0.3, 0.4) is 0 Å². The molecule has 6 rings (SSSR count). The maximum absolute atomic E-state index is 13.6. The zero-order chi connectivity index (χ0) is 21.5. The second-order valence-corrected chi connectivity index (χ2v) is 8.34. The van der Waals surface area contributed by atoms with Crippen molar-refractivity contribution in [3.8, 4) is 33.8 Å². The molecule has 1 fully saturated rings. The topological polar surface area (TPSA) is 56.7 Å². The van der Waals surface area contributed by atoms with Crippen molar-refractivity contribution < 1.29 is 8.81 Å². The maximum atomic E-state index is 13.6. The third-order valence-corrected chi connectivity index (χ3v) is 6.19. The molecule has 1 saturated carbocycles. The van der Waals surface area contributed by atoms with Crippen LogP contribution in [0, 0.1) is 11.7 Å². The van der Waals surface area contributed by atoms with E-state index < -0.39 is 0 Å². The Balaban J connectivity index is 1.50. The fourth-order valence-corrected chi connectivity index (χ4v) is 4.26. The van der Waals surface area contributed by atoms with Gasteiger partial charge in [0.05, 0.1) is 11.1 Å². The summed E-state index contributed by atoms with van der Waals surface area (Å²) in [7, 11) is 0. The van der Waals surface area contributed by atoms with E-state index in [4.69, 9.17) is 9.52 Å². The summed E-state index contributed by atoms with van der Waals surface area (Å²) in [6, 6.07) is 18.4. The van der Waals surface area contributed by atoms with Gasteiger partial charge in [-0.15, -0.1) is 0 Å². The molecule has 0 amide bonds. The number of aromatic nitrogens is 4. The van der Waals surface area contributed by atoms with Crippen LogP contribution in [-0.4, -0.2) is 19.7 Å². The molecule has 3 aromatic heterocycles. The highest BCUT2D eigenvalue weighted by molar-refractivity contribution is 5.95. The SMILES string of the molecule is Fc1ccc(-c2nn(CC3CCC3)cc2-c2ncnc3oc(-c4ccccc4)cc23)cc1. The second kappa shape index (κ2) is 7.71. The monoisotopic (exact) mass is 424 g/mol. The first-order valence-corrected chi connectivity index (χ1v) is 10.9. The predicted molar refractivity (Wildman–Crippen MR) is 121 cm³/mol. The Morgan fingerprint density at radius 2 is 1.75 bits per heavy atom. The smallest absolute Gasteiger partial charge is 0.230 e. The predicted octanol–water partition coefficient (Wildman–Crippen LogP) is 6.36. The molecule has 2 aromatic carbocycles. The normalized spacial score (nSPS) is 14.0. The highest BCUT2D eigenvalue weighted by atomic mass is 19.1. The van der Waals surface area contributed by atoms with Gasteiger partial charge in [-0.25, -0.2) is 14.4 Å². The number of furan rings is 1. The van der Waals surface area contributed by atoms with Gasteiger partial charge < -0.3 is 4.42 Å². The zero-order valence-electron chi connectivity index (χ0n) is 17.4. The first-order valence-electron chi connectivity index (χ1n) is 10.9. The number of rotatable bonds is 5. The minimum absolute atomic E-state index is 0.268. The van der Waals surface area contributed by atoms with Gasteiger partial charge in [-0.3, -0.25) is 4.68 Å². The summed E-state index contributed by atoms with van der Waals surface area (Å²) in [4.78, 5) is 8.97. The van der Waals surface area contributed by atoms with Crippen LogP contribution in [0.25, 0.3) is 44.9 Å². The minimum Gasteiger partial charge on any atom is -0.438 e. The van der Waals surface area contributed by atoms with E-state index in [2.05, 4.69) is 9.97 Å². The molecule has 1 aliphatic carbocycles. The molecule has 1 aliphatic rings. The van der Waals surface area contributed by atoms with Crippen molar-refractivity contribution in [3.63, 3.8) is 0 Å². The van der Waals surface area contributed by atoms with Gasteiger partial charge >= 0.3 is 0 Å². The summed E-state index contributed by atoms with van der Waals surface area (Å²) >= 11 is 0. The van der Waals surface area contributed by atoms with E-state index in [1.807, 2.05) is 47.3 Å². The summed E-state index contributed by atoms with van der Waals surface area (Å²) in [6.07, 6.45) is 7.33. The molecular formula is C26H21FN4O. The van der Waals surface area contributed by atoms with Crippen molar-refractivity contribution in [2.75, 3.05) is 0 Å². The van der Waals surface area contributed by atoms with Gasteiger partial charge in [-0.1, -0.05) is 36.8 Å². The summed E-state index contributed by atoms with van der Waals surface area (Å²) in [5.41, 5.74) is 4.81. The van der Waals surface area contributed by atoms with Crippen molar-refractivity contribution in [1.82, 2.24) is 19.7 Å². The first-order chi connectivity index (χ1) is 15.7. The summed E-state index contributed by atoms with van der Waals surface area (Å²) in [5, 5.41) is 5.71. The van der Waals surface area contributed by atoms with Crippen LogP contribution in [0.1, 0.15) is 19.3 Å². The maximum Gasteiger partial charge on any atom is 0.230 e. The van der Waals surface area contributed by atoms with E-state index >= 15 is 0 Å². The molecule has 5 aromatic rings. The van der Waals surface area contributed by atoms with E-state index in [-0.39, 0.29) is 5.82 Å². The number of nitrogens with zero attached hydrogens (tertiary/aromatic N) is 4. The Kier molecular flexibility index (Phi) is 4.56. The van der Waals surface area contributed by atoms with E-state index in [1.54, 1.807) is 12.1 Å². The number of halogens is 1. The third-order valence-electron chi connectivity index (χ3n) is 6.19. The van der Waals surface area contributed by atoms with Gasteiger partial charge in [-0.05, 0) is 49.1 Å². The molecule has 5 nitrogen and oxygen atoms in total. The van der Waals surface area contributed by atoms with Crippen molar-refractivity contribution >= 4 is 11.1 Å². The summed E-state index contributed by atoms with van der Waals surface area (Å²) in [5.74, 6) is 1.14. The van der Waals surface area contributed by atoms with Gasteiger partial charge in [0.1, 0.15) is 23.6 Å². The van der Waals surface area contributed by atoms with Gasteiger partial charge in [0.25, 0.3) is 0 Å². The lowest BCUT2D eigenvalue weighted by molar-refractivity contribution is 0.267. The van der Waals surface area contributed by atoms with Crippen molar-refractivity contribution in [3.05, 3.63) is 79.0 Å². The van der Waals surface area contributed by atoms with Crippen LogP contribution >= 0.6 is 0 Å². The molecule has 3 heterocycles. The average molecular weight is 424 g/mol. The van der Waals surface area contributed by atoms with E-state index in [9.17, 15) is 4.39 Å². The molecule has 0 unspecified atom stereocenters. The van der Waals surface area contributed by atoms with Crippen LogP contribution < -0.4 is 0 Å². The van der Waals surface area contributed by atoms with Crippen molar-refractivity contribution in [1.29, 1.82) is 0 Å². The largest absolute Gasteiger partial charge is 0.438 e. The highest BCUT2D eigenvalue weighted by Crippen LogP contribution is 2.37. The van der Waals surface area contributed by atoms with Crippen LogP contribution in [0.15, 0.2) is 77.6 Å². The molecule has 6 heteroatoms. The van der Waals surface area contributed by atoms with Crippen LogP contribution in [0.5, 0.6) is 0 Å². The lowest BCUT2D eigenvalue weighted by Gasteiger charge is -2.24. The zero-order valence-corrected chi connectivity index (χ0v) is 17.4. The molecule has 158 valence electrons. The summed E-state index contributed by atoms with van der Waals surface area (Å²) < 4.78 is 21.6. The van der Waals surface area contributed by atoms with Crippen LogP contribution in [0.2, 0.25) is 0 Å². The number of benzene rings is 2. The minimum atomic E-state index is -0.268. The third kappa shape index (κ3) is 3.38. The van der Waals surface area contributed by atoms with Crippen LogP contribution in [0.4, 0.5) is 4.39 Å². The number of hydrogen-bond acceptors (Lipinski definition) is 4. The van der Waals surface area contributed by atoms with Gasteiger partial charge in [0.2, 0.25) is 5.71 Å². The standard InChI is InChI=1S/C26H21FN4O/c27-20-11-9-19(10-12-20)24-22(15-31(30-24)14-17-5-4-6-17)25-21-13-23(18-7-2-1-3-8-18)32-26(21)29-16-28-25/h1-3,7-13,15-17H,4-6,14H2. The molecule has 0 N–H and O–H groups in total. The number of hydrogen-bond donors (Lipinski definition) is 0. The Morgan fingerprint density at radius 1 is 0.938 bits per heavy atom. The molecular weight excluding hydrogens is 403 g/mol. The average Bonchev–Trinajstić information content (AvgIpc) is 3.42. The first kappa shape index (κ1) is 18.9. The Hall–Kier alpha value is -3.80. The lowest BCUT2D eigenvalue weighted by atomic mass is 9.85. The van der Waals surface area contributed by atoms with E-state index in [0.29, 0.717) is 11.6 Å². The Bertz CT molecular complexity index is 1380. The van der Waals surface area contributed by atoms with Crippen LogP contribution in [-0.2, 0) is 6.54 Å². The lowest BCUT2D eigenvalue weighted by Crippen LogP contribution is -2.18. The highest BCUT2D eigenvalue weighted by Gasteiger charge is 2.23. The van der Waals surface area contributed by atoms with E-state index in [0.717, 1.165) is 45.8 Å². The molecule has 0 spiro atoms. The molecule has 0 saturated heterocycles. The van der Waals surface area contributed by atoms with Gasteiger partial charge in [0.15, 0.2) is 0 Å². The van der Waals surface area contributed by atoms with Crippen molar-refractivity contribution in [2.45, 2.75) is 25.8 Å². The molecule has 0 atom stereocenters. The fourth-order valence-electron chi connectivity index (χ4n) is 4.26. The summed E-state index contributed by atoms with van der Waals surface area (Å²) in [6.45, 7) is 0.878. The quantitative estimate of drug-likeness (QED) is 0.329. The van der Waals surface area contributed by atoms with E-state index in [1.165, 1.54) is 37.7 Å². The molecule has 32 heavy (non-hydrogen) atoms. The molecule has 0 aliphatic heterocycles.